The highest BCUT2D eigenvalue weighted by molar-refractivity contribution is 5.34. The lowest BCUT2D eigenvalue weighted by Crippen LogP contribution is -2.33. The Hall–Kier alpha value is -2.59. The lowest BCUT2D eigenvalue weighted by Gasteiger charge is -2.25. The van der Waals surface area contributed by atoms with Crippen LogP contribution in [0.2, 0.25) is 0 Å². The minimum Gasteiger partial charge on any atom is -0.303 e. The number of hydrogen-bond donors (Lipinski definition) is 0. The molecule has 0 amide bonds. The summed E-state index contributed by atoms with van der Waals surface area (Å²) in [6.07, 6.45) is 1.88. The molecule has 154 valence electrons. The van der Waals surface area contributed by atoms with Gasteiger partial charge in [0.2, 0.25) is 0 Å². The van der Waals surface area contributed by atoms with Gasteiger partial charge < -0.3 is 4.90 Å². The monoisotopic (exact) mass is 391 g/mol. The lowest BCUT2D eigenvalue weighted by molar-refractivity contribution is 0.257. The van der Waals surface area contributed by atoms with Gasteiger partial charge in [-0.2, -0.15) is 0 Å². The third-order valence-electron chi connectivity index (χ3n) is 5.83. The third-order valence-corrected chi connectivity index (χ3v) is 5.83. The standard InChI is InChI=1S/C25H33N3O/c1-19(2)24-23(27(5)28(25(24)29)22-14-10-7-11-15-22)16-17-26(4)20(3)18-21-12-8-6-9-13-21/h6-15,19-20H,16-18H2,1-5H3. The smallest absolute Gasteiger partial charge is 0.275 e. The largest absolute Gasteiger partial charge is 0.303 e. The second kappa shape index (κ2) is 9.27. The van der Waals surface area contributed by atoms with E-state index in [1.54, 1.807) is 4.68 Å². The van der Waals surface area contributed by atoms with Gasteiger partial charge in [0.1, 0.15) is 0 Å². The fourth-order valence-corrected chi connectivity index (χ4v) is 4.02. The van der Waals surface area contributed by atoms with Gasteiger partial charge in [-0.15, -0.1) is 0 Å². The highest BCUT2D eigenvalue weighted by atomic mass is 16.1. The maximum Gasteiger partial charge on any atom is 0.275 e. The third kappa shape index (κ3) is 4.70. The van der Waals surface area contributed by atoms with Gasteiger partial charge in [0.05, 0.1) is 5.69 Å². The predicted molar refractivity (Wildman–Crippen MR) is 121 cm³/mol. The van der Waals surface area contributed by atoms with Gasteiger partial charge in [0.25, 0.3) is 5.56 Å². The van der Waals surface area contributed by atoms with Crippen LogP contribution in [-0.2, 0) is 19.9 Å². The molecule has 4 heteroatoms. The van der Waals surface area contributed by atoms with Gasteiger partial charge in [-0.05, 0) is 44.0 Å². The molecule has 0 fully saturated rings. The van der Waals surface area contributed by atoms with Crippen molar-refractivity contribution in [1.82, 2.24) is 14.3 Å². The molecule has 0 saturated carbocycles. The van der Waals surface area contributed by atoms with Gasteiger partial charge in [-0.1, -0.05) is 62.4 Å². The molecule has 0 spiro atoms. The van der Waals surface area contributed by atoms with Gasteiger partial charge in [0.15, 0.2) is 0 Å². The van der Waals surface area contributed by atoms with Crippen LogP contribution >= 0.6 is 0 Å². The minimum atomic E-state index is 0.101. The number of benzene rings is 2. The second-order valence-corrected chi connectivity index (χ2v) is 8.26. The highest BCUT2D eigenvalue weighted by Crippen LogP contribution is 2.19. The number of likely N-dealkylation sites (N-methyl/N-ethyl adjacent to an activating group) is 1. The molecule has 3 rings (SSSR count). The van der Waals surface area contributed by atoms with Crippen LogP contribution in [0.4, 0.5) is 0 Å². The van der Waals surface area contributed by atoms with E-state index in [-0.39, 0.29) is 11.5 Å². The molecule has 0 N–H and O–H groups in total. The number of para-hydroxylation sites is 1. The van der Waals surface area contributed by atoms with Gasteiger partial charge in [0, 0.05) is 37.3 Å². The molecular weight excluding hydrogens is 358 g/mol. The predicted octanol–water partition coefficient (Wildman–Crippen LogP) is 4.40. The van der Waals surface area contributed by atoms with Crippen LogP contribution in [0.1, 0.15) is 43.5 Å². The number of aromatic nitrogens is 2. The normalized spacial score (nSPS) is 12.7. The summed E-state index contributed by atoms with van der Waals surface area (Å²) in [7, 11) is 4.18. The molecule has 0 aliphatic rings. The van der Waals surface area contributed by atoms with E-state index in [4.69, 9.17) is 0 Å². The van der Waals surface area contributed by atoms with Crippen molar-refractivity contribution in [2.75, 3.05) is 13.6 Å². The fourth-order valence-electron chi connectivity index (χ4n) is 4.02. The van der Waals surface area contributed by atoms with Crippen molar-refractivity contribution in [2.45, 2.75) is 45.6 Å². The summed E-state index contributed by atoms with van der Waals surface area (Å²) < 4.78 is 3.85. The molecule has 0 aliphatic carbocycles. The zero-order chi connectivity index (χ0) is 21.0. The van der Waals surface area contributed by atoms with Crippen molar-refractivity contribution in [3.63, 3.8) is 0 Å². The summed E-state index contributed by atoms with van der Waals surface area (Å²) in [6.45, 7) is 7.40. The SMILES string of the molecule is CC(C)c1c(CCN(C)C(C)Cc2ccccc2)n(C)n(-c2ccccc2)c1=O. The van der Waals surface area contributed by atoms with E-state index in [0.29, 0.717) is 6.04 Å². The van der Waals surface area contributed by atoms with Crippen LogP contribution < -0.4 is 5.56 Å². The fraction of sp³-hybridized carbons (Fsp3) is 0.400. The zero-order valence-electron chi connectivity index (χ0n) is 18.3. The minimum absolute atomic E-state index is 0.101. The maximum atomic E-state index is 13.2. The van der Waals surface area contributed by atoms with Crippen LogP contribution in [0.3, 0.4) is 0 Å². The van der Waals surface area contributed by atoms with E-state index in [0.717, 1.165) is 36.3 Å². The van der Waals surface area contributed by atoms with Gasteiger partial charge in [-0.25, -0.2) is 4.68 Å². The van der Waals surface area contributed by atoms with E-state index >= 15 is 0 Å². The van der Waals surface area contributed by atoms with E-state index in [1.165, 1.54) is 5.56 Å². The quantitative estimate of drug-likeness (QED) is 0.569. The number of rotatable bonds is 8. The molecule has 2 aromatic carbocycles. The Bertz CT molecular complexity index is 971. The second-order valence-electron chi connectivity index (χ2n) is 8.26. The van der Waals surface area contributed by atoms with Crippen molar-refractivity contribution in [3.05, 3.63) is 87.8 Å². The van der Waals surface area contributed by atoms with Crippen LogP contribution in [0.5, 0.6) is 0 Å². The number of nitrogens with zero attached hydrogens (tertiary/aromatic N) is 3. The molecule has 0 aliphatic heterocycles. The Morgan fingerprint density at radius 3 is 2.10 bits per heavy atom. The average Bonchev–Trinajstić information content (AvgIpc) is 2.97. The van der Waals surface area contributed by atoms with Crippen LogP contribution in [0, 0.1) is 0 Å². The summed E-state index contributed by atoms with van der Waals surface area (Å²) in [5.41, 5.74) is 4.44. The Kier molecular flexibility index (Phi) is 6.75. The Morgan fingerprint density at radius 2 is 1.52 bits per heavy atom. The summed E-state index contributed by atoms with van der Waals surface area (Å²) in [6, 6.07) is 21.0. The summed E-state index contributed by atoms with van der Waals surface area (Å²) in [5, 5.41) is 0. The molecule has 1 atom stereocenters. The molecule has 0 radical (unpaired) electrons. The van der Waals surface area contributed by atoms with Crippen molar-refractivity contribution < 1.29 is 0 Å². The lowest BCUT2D eigenvalue weighted by atomic mass is 10.0. The first kappa shape index (κ1) is 21.1. The molecule has 1 heterocycles. The van der Waals surface area contributed by atoms with Crippen molar-refractivity contribution in [2.24, 2.45) is 7.05 Å². The number of hydrogen-bond acceptors (Lipinski definition) is 2. The average molecular weight is 392 g/mol. The van der Waals surface area contributed by atoms with E-state index in [1.807, 2.05) is 42.1 Å². The molecule has 1 unspecified atom stereocenters. The molecular formula is C25H33N3O. The molecule has 0 saturated heterocycles. The molecule has 29 heavy (non-hydrogen) atoms. The highest BCUT2D eigenvalue weighted by Gasteiger charge is 2.22. The van der Waals surface area contributed by atoms with Crippen molar-refractivity contribution >= 4 is 0 Å². The topological polar surface area (TPSA) is 30.2 Å². The van der Waals surface area contributed by atoms with Gasteiger partial charge >= 0.3 is 0 Å². The van der Waals surface area contributed by atoms with Crippen LogP contribution in [-0.4, -0.2) is 33.9 Å². The summed E-state index contributed by atoms with van der Waals surface area (Å²) in [5.74, 6) is 0.195. The van der Waals surface area contributed by atoms with E-state index in [2.05, 4.69) is 63.1 Å². The van der Waals surface area contributed by atoms with Gasteiger partial charge in [-0.3, -0.25) is 9.48 Å². The van der Waals surface area contributed by atoms with E-state index < -0.39 is 0 Å². The van der Waals surface area contributed by atoms with Crippen LogP contribution in [0.15, 0.2) is 65.5 Å². The van der Waals surface area contributed by atoms with Crippen LogP contribution in [0.25, 0.3) is 5.69 Å². The molecule has 1 aromatic heterocycles. The molecule has 4 nitrogen and oxygen atoms in total. The molecule has 3 aromatic rings. The summed E-state index contributed by atoms with van der Waals surface area (Å²) in [4.78, 5) is 15.6. The Labute approximate surface area is 174 Å². The Balaban J connectivity index is 1.80. The zero-order valence-corrected chi connectivity index (χ0v) is 18.3. The molecule has 0 bridgehead atoms. The van der Waals surface area contributed by atoms with E-state index in [9.17, 15) is 4.79 Å². The first-order valence-electron chi connectivity index (χ1n) is 10.5. The summed E-state index contributed by atoms with van der Waals surface area (Å²) >= 11 is 0. The first-order valence-corrected chi connectivity index (χ1v) is 10.5. The first-order chi connectivity index (χ1) is 13.9. The van der Waals surface area contributed by atoms with Crippen molar-refractivity contribution in [1.29, 1.82) is 0 Å². The Morgan fingerprint density at radius 1 is 0.931 bits per heavy atom. The van der Waals surface area contributed by atoms with Crippen molar-refractivity contribution in [3.8, 4) is 5.69 Å². The maximum absolute atomic E-state index is 13.2.